The lowest BCUT2D eigenvalue weighted by atomic mass is 9.98. The number of hydrogen-bond donors (Lipinski definition) is 3. The van der Waals surface area contributed by atoms with E-state index in [1.165, 1.54) is 24.3 Å². The van der Waals surface area contributed by atoms with Crippen molar-refractivity contribution in [2.24, 2.45) is 5.14 Å². The number of aryl methyl sites for hydroxylation is 1. The Morgan fingerprint density at radius 3 is 2.22 bits per heavy atom. The predicted octanol–water partition coefficient (Wildman–Crippen LogP) is 2.02. The monoisotopic (exact) mass is 389 g/mol. The van der Waals surface area contributed by atoms with Gasteiger partial charge in [0.05, 0.1) is 4.90 Å². The van der Waals surface area contributed by atoms with Crippen molar-refractivity contribution in [2.45, 2.75) is 38.1 Å². The average molecular weight is 389 g/mol. The summed E-state index contributed by atoms with van der Waals surface area (Å²) in [6.07, 6.45) is 0. The molecule has 4 N–H and O–H groups in total. The quantitative estimate of drug-likeness (QED) is 0.678. The van der Waals surface area contributed by atoms with Gasteiger partial charge in [0.1, 0.15) is 0 Å². The number of rotatable bonds is 5. The number of sulfonamides is 1. The molecule has 2 rings (SSSR count). The number of primary sulfonamides is 1. The van der Waals surface area contributed by atoms with Crippen molar-refractivity contribution in [3.63, 3.8) is 0 Å². The van der Waals surface area contributed by atoms with E-state index < -0.39 is 21.8 Å². The third kappa shape index (κ3) is 5.38. The zero-order valence-electron chi connectivity index (χ0n) is 15.4. The van der Waals surface area contributed by atoms with E-state index >= 15 is 0 Å². The van der Waals surface area contributed by atoms with E-state index in [2.05, 4.69) is 10.6 Å². The average Bonchev–Trinajstić information content (AvgIpc) is 2.60. The molecule has 27 heavy (non-hydrogen) atoms. The van der Waals surface area contributed by atoms with Gasteiger partial charge in [-0.3, -0.25) is 9.59 Å². The molecular weight excluding hydrogens is 366 g/mol. The van der Waals surface area contributed by atoms with E-state index in [0.717, 1.165) is 11.1 Å². The van der Waals surface area contributed by atoms with Gasteiger partial charge in [0.15, 0.2) is 0 Å². The molecule has 0 bridgehead atoms. The highest BCUT2D eigenvalue weighted by atomic mass is 32.2. The van der Waals surface area contributed by atoms with Gasteiger partial charge in [-0.25, -0.2) is 13.6 Å². The summed E-state index contributed by atoms with van der Waals surface area (Å²) in [6.45, 7) is 5.97. The summed E-state index contributed by atoms with van der Waals surface area (Å²) >= 11 is 0. The van der Waals surface area contributed by atoms with Gasteiger partial charge in [0.2, 0.25) is 10.0 Å². The van der Waals surface area contributed by atoms with E-state index in [4.69, 9.17) is 5.14 Å². The fraction of sp³-hybridized carbons (Fsp3) is 0.263. The summed E-state index contributed by atoms with van der Waals surface area (Å²) in [4.78, 5) is 24.3. The van der Waals surface area contributed by atoms with E-state index in [1.807, 2.05) is 39.0 Å². The molecule has 0 spiro atoms. The molecule has 0 unspecified atom stereocenters. The van der Waals surface area contributed by atoms with Crippen molar-refractivity contribution in [1.29, 1.82) is 0 Å². The first kappa shape index (κ1) is 20.6. The Hall–Kier alpha value is -2.71. The molecule has 0 atom stereocenters. The molecule has 0 heterocycles. The number of carbonyl (C=O) groups is 2. The number of nitrogens with two attached hydrogens (primary N) is 1. The second-order valence-electron chi connectivity index (χ2n) is 6.52. The number of anilines is 1. The predicted molar refractivity (Wildman–Crippen MR) is 104 cm³/mol. The van der Waals surface area contributed by atoms with Gasteiger partial charge in [-0.1, -0.05) is 44.2 Å². The van der Waals surface area contributed by atoms with Crippen molar-refractivity contribution in [3.8, 4) is 0 Å². The third-order valence-corrected chi connectivity index (χ3v) is 5.01. The maximum absolute atomic E-state index is 12.2. The molecule has 0 saturated heterocycles. The lowest BCUT2D eigenvalue weighted by Crippen LogP contribution is -2.35. The van der Waals surface area contributed by atoms with Crippen LogP contribution >= 0.6 is 0 Å². The van der Waals surface area contributed by atoms with Crippen molar-refractivity contribution in [1.82, 2.24) is 5.32 Å². The molecule has 0 aliphatic rings. The van der Waals surface area contributed by atoms with Crippen LogP contribution in [0.4, 0.5) is 5.69 Å². The van der Waals surface area contributed by atoms with E-state index in [-0.39, 0.29) is 17.4 Å². The van der Waals surface area contributed by atoms with Crippen LogP contribution < -0.4 is 15.8 Å². The summed E-state index contributed by atoms with van der Waals surface area (Å²) in [7, 11) is -3.77. The number of benzene rings is 2. The largest absolute Gasteiger partial charge is 0.344 e. The topological polar surface area (TPSA) is 118 Å². The minimum atomic E-state index is -3.77. The maximum Gasteiger partial charge on any atom is 0.313 e. The van der Waals surface area contributed by atoms with E-state index in [1.54, 1.807) is 0 Å². The summed E-state index contributed by atoms with van der Waals surface area (Å²) in [5.74, 6) is -1.34. The molecule has 0 aliphatic heterocycles. The van der Waals surface area contributed by atoms with Crippen LogP contribution in [0.5, 0.6) is 0 Å². The van der Waals surface area contributed by atoms with Crippen LogP contribution in [-0.4, -0.2) is 20.2 Å². The molecule has 2 amide bonds. The van der Waals surface area contributed by atoms with Gasteiger partial charge >= 0.3 is 11.8 Å². The third-order valence-electron chi connectivity index (χ3n) is 4.08. The summed E-state index contributed by atoms with van der Waals surface area (Å²) < 4.78 is 22.5. The number of nitrogens with one attached hydrogen (secondary N) is 2. The Labute approximate surface area is 159 Å². The Balaban J connectivity index is 2.02. The van der Waals surface area contributed by atoms with Crippen LogP contribution in [0.15, 0.2) is 47.4 Å². The highest BCUT2D eigenvalue weighted by Gasteiger charge is 2.17. The molecule has 7 nitrogen and oxygen atoms in total. The van der Waals surface area contributed by atoms with Crippen molar-refractivity contribution < 1.29 is 18.0 Å². The maximum atomic E-state index is 12.2. The van der Waals surface area contributed by atoms with Gasteiger partial charge in [-0.15, -0.1) is 0 Å². The first-order valence-electron chi connectivity index (χ1n) is 8.40. The van der Waals surface area contributed by atoms with Crippen molar-refractivity contribution in [2.75, 3.05) is 5.32 Å². The van der Waals surface area contributed by atoms with E-state index in [0.29, 0.717) is 11.3 Å². The van der Waals surface area contributed by atoms with Gasteiger partial charge in [-0.2, -0.15) is 0 Å². The SMILES string of the molecule is Cc1cccc(C(C)C)c1NC(=O)C(=O)NCc1ccc(S(N)(=O)=O)cc1. The first-order valence-corrected chi connectivity index (χ1v) is 9.94. The van der Waals surface area contributed by atoms with Crippen molar-refractivity contribution in [3.05, 3.63) is 59.2 Å². The smallest absolute Gasteiger partial charge is 0.313 e. The molecule has 8 heteroatoms. The highest BCUT2D eigenvalue weighted by Crippen LogP contribution is 2.27. The standard InChI is InChI=1S/C19H23N3O4S/c1-12(2)16-6-4-5-13(3)17(16)22-19(24)18(23)21-11-14-7-9-15(10-8-14)27(20,25)26/h4-10,12H,11H2,1-3H3,(H,21,23)(H,22,24)(H2,20,25,26). The molecule has 0 saturated carbocycles. The van der Waals surface area contributed by atoms with Crippen LogP contribution in [0.25, 0.3) is 0 Å². The van der Waals surface area contributed by atoms with Crippen LogP contribution in [0, 0.1) is 6.92 Å². The Morgan fingerprint density at radius 1 is 1.04 bits per heavy atom. The minimum absolute atomic E-state index is 0.0175. The Kier molecular flexibility index (Phi) is 6.35. The zero-order valence-corrected chi connectivity index (χ0v) is 16.3. The molecule has 144 valence electrons. The molecule has 0 aromatic heterocycles. The number of carbonyl (C=O) groups excluding carboxylic acids is 2. The second-order valence-corrected chi connectivity index (χ2v) is 8.08. The Morgan fingerprint density at radius 2 is 1.67 bits per heavy atom. The molecule has 0 radical (unpaired) electrons. The summed E-state index contributed by atoms with van der Waals surface area (Å²) in [6, 6.07) is 11.4. The first-order chi connectivity index (χ1) is 12.6. The van der Waals surface area contributed by atoms with Gasteiger partial charge < -0.3 is 10.6 Å². The van der Waals surface area contributed by atoms with Crippen LogP contribution in [0.1, 0.15) is 36.5 Å². The second kappa shape index (κ2) is 8.32. The molecule has 2 aromatic rings. The summed E-state index contributed by atoms with van der Waals surface area (Å²) in [5, 5.41) is 10.2. The zero-order chi connectivity index (χ0) is 20.2. The molecule has 2 aromatic carbocycles. The summed E-state index contributed by atoms with van der Waals surface area (Å²) in [5.41, 5.74) is 3.11. The lowest BCUT2D eigenvalue weighted by Gasteiger charge is -2.16. The fourth-order valence-electron chi connectivity index (χ4n) is 2.57. The van der Waals surface area contributed by atoms with Crippen molar-refractivity contribution >= 4 is 27.5 Å². The van der Waals surface area contributed by atoms with Gasteiger partial charge in [0.25, 0.3) is 0 Å². The number of hydrogen-bond acceptors (Lipinski definition) is 4. The van der Waals surface area contributed by atoms with Crippen LogP contribution in [-0.2, 0) is 26.2 Å². The normalized spacial score (nSPS) is 11.3. The minimum Gasteiger partial charge on any atom is -0.344 e. The van der Waals surface area contributed by atoms with E-state index in [9.17, 15) is 18.0 Å². The highest BCUT2D eigenvalue weighted by molar-refractivity contribution is 7.89. The molecule has 0 fully saturated rings. The molecule has 0 aliphatic carbocycles. The number of amides is 2. The Bertz CT molecular complexity index is 951. The molecular formula is C19H23N3O4S. The van der Waals surface area contributed by atoms with Crippen LogP contribution in [0.2, 0.25) is 0 Å². The van der Waals surface area contributed by atoms with Crippen LogP contribution in [0.3, 0.4) is 0 Å². The fourth-order valence-corrected chi connectivity index (χ4v) is 3.09. The van der Waals surface area contributed by atoms with Gasteiger partial charge in [0, 0.05) is 12.2 Å². The lowest BCUT2D eigenvalue weighted by molar-refractivity contribution is -0.136. The number of para-hydroxylation sites is 1. The van der Waals surface area contributed by atoms with Gasteiger partial charge in [-0.05, 0) is 41.7 Å².